The highest BCUT2D eigenvalue weighted by Gasteiger charge is 2.34. The smallest absolute Gasteiger partial charge is 0.142 e. The molecule has 1 saturated heterocycles. The van der Waals surface area contributed by atoms with Gasteiger partial charge in [0.15, 0.2) is 0 Å². The molecule has 0 spiro atoms. The van der Waals surface area contributed by atoms with Gasteiger partial charge in [-0.2, -0.15) is 0 Å². The number of carbonyl (C=O) groups is 1. The zero-order valence-electron chi connectivity index (χ0n) is 16.3. The fraction of sp³-hybridized carbons (Fsp3) is 0.458. The van der Waals surface area contributed by atoms with E-state index in [1.54, 1.807) is 0 Å². The molecule has 0 radical (unpaired) electrons. The van der Waals surface area contributed by atoms with Crippen LogP contribution in [0.1, 0.15) is 57.2 Å². The highest BCUT2D eigenvalue weighted by atomic mass is 16.1. The predicted octanol–water partition coefficient (Wildman–Crippen LogP) is 5.65. The van der Waals surface area contributed by atoms with E-state index >= 15 is 0 Å². The SMILES string of the molecule is CC(C)(C)C(=O)C1CCCC(c2ccccc2)N(Cc2ccccc2)C1. The monoisotopic (exact) mass is 349 g/mol. The van der Waals surface area contributed by atoms with Crippen LogP contribution in [0.3, 0.4) is 0 Å². The molecule has 0 N–H and O–H groups in total. The second-order valence-electron chi connectivity index (χ2n) is 8.58. The van der Waals surface area contributed by atoms with Gasteiger partial charge in [-0.25, -0.2) is 0 Å². The molecular formula is C24H31NO. The van der Waals surface area contributed by atoms with E-state index in [0.717, 1.165) is 32.4 Å². The van der Waals surface area contributed by atoms with E-state index in [-0.39, 0.29) is 11.3 Å². The molecule has 138 valence electrons. The van der Waals surface area contributed by atoms with Crippen LogP contribution in [0, 0.1) is 11.3 Å². The number of hydrogen-bond acceptors (Lipinski definition) is 2. The molecule has 2 nitrogen and oxygen atoms in total. The normalized spacial score (nSPS) is 22.0. The van der Waals surface area contributed by atoms with Gasteiger partial charge in [0, 0.05) is 30.5 Å². The molecule has 1 fully saturated rings. The fourth-order valence-corrected chi connectivity index (χ4v) is 4.11. The third-order valence-electron chi connectivity index (χ3n) is 5.45. The predicted molar refractivity (Wildman–Crippen MR) is 108 cm³/mol. The molecule has 0 bridgehead atoms. The summed E-state index contributed by atoms with van der Waals surface area (Å²) < 4.78 is 0. The van der Waals surface area contributed by atoms with Gasteiger partial charge >= 0.3 is 0 Å². The van der Waals surface area contributed by atoms with Gasteiger partial charge in [0.1, 0.15) is 5.78 Å². The third kappa shape index (κ3) is 4.62. The van der Waals surface area contributed by atoms with E-state index in [1.165, 1.54) is 11.1 Å². The molecule has 0 aliphatic carbocycles. The molecule has 2 aromatic rings. The minimum Gasteiger partial charge on any atom is -0.299 e. The Balaban J connectivity index is 1.88. The number of ketones is 1. The van der Waals surface area contributed by atoms with Crippen LogP contribution in [-0.2, 0) is 11.3 Å². The van der Waals surface area contributed by atoms with Gasteiger partial charge in [-0.15, -0.1) is 0 Å². The van der Waals surface area contributed by atoms with Crippen LogP contribution in [0.15, 0.2) is 60.7 Å². The van der Waals surface area contributed by atoms with Gasteiger partial charge in [-0.3, -0.25) is 9.69 Å². The van der Waals surface area contributed by atoms with E-state index < -0.39 is 0 Å². The van der Waals surface area contributed by atoms with Crippen molar-refractivity contribution in [3.8, 4) is 0 Å². The first-order valence-electron chi connectivity index (χ1n) is 9.82. The van der Waals surface area contributed by atoms with Crippen molar-refractivity contribution in [2.24, 2.45) is 11.3 Å². The number of hydrogen-bond donors (Lipinski definition) is 0. The second-order valence-corrected chi connectivity index (χ2v) is 8.58. The molecule has 0 aromatic heterocycles. The van der Waals surface area contributed by atoms with E-state index in [9.17, 15) is 4.79 Å². The lowest BCUT2D eigenvalue weighted by atomic mass is 9.81. The Morgan fingerprint density at radius 3 is 2.19 bits per heavy atom. The standard InChI is InChI=1S/C24H31NO/c1-24(2,3)23(26)21-15-10-16-22(20-13-8-5-9-14-20)25(18-21)17-19-11-6-4-7-12-19/h4-9,11-14,21-22H,10,15-18H2,1-3H3. The number of benzene rings is 2. The Morgan fingerprint density at radius 2 is 1.58 bits per heavy atom. The molecule has 26 heavy (non-hydrogen) atoms. The summed E-state index contributed by atoms with van der Waals surface area (Å²) in [4.78, 5) is 15.5. The summed E-state index contributed by atoms with van der Waals surface area (Å²) in [6.07, 6.45) is 3.23. The molecule has 2 heteroatoms. The van der Waals surface area contributed by atoms with Crippen molar-refractivity contribution in [3.63, 3.8) is 0 Å². The number of rotatable bonds is 4. The average molecular weight is 350 g/mol. The lowest BCUT2D eigenvalue weighted by molar-refractivity contribution is -0.131. The van der Waals surface area contributed by atoms with Crippen LogP contribution in [0.4, 0.5) is 0 Å². The van der Waals surface area contributed by atoms with Crippen molar-refractivity contribution in [3.05, 3.63) is 71.8 Å². The minimum absolute atomic E-state index is 0.132. The first-order valence-corrected chi connectivity index (χ1v) is 9.82. The highest BCUT2D eigenvalue weighted by molar-refractivity contribution is 5.86. The number of carbonyl (C=O) groups excluding carboxylic acids is 1. The maximum atomic E-state index is 13.0. The lowest BCUT2D eigenvalue weighted by Crippen LogP contribution is -2.37. The lowest BCUT2D eigenvalue weighted by Gasteiger charge is -2.33. The second kappa shape index (κ2) is 8.18. The van der Waals surface area contributed by atoms with Gasteiger partial charge in [0.25, 0.3) is 0 Å². The zero-order chi connectivity index (χ0) is 18.6. The van der Waals surface area contributed by atoms with Crippen LogP contribution in [0.2, 0.25) is 0 Å². The maximum Gasteiger partial charge on any atom is 0.142 e. The summed E-state index contributed by atoms with van der Waals surface area (Å²) in [6.45, 7) is 7.90. The van der Waals surface area contributed by atoms with Gasteiger partial charge in [-0.05, 0) is 24.0 Å². The van der Waals surface area contributed by atoms with Crippen molar-refractivity contribution in [1.29, 1.82) is 0 Å². The van der Waals surface area contributed by atoms with Crippen molar-refractivity contribution in [2.75, 3.05) is 6.54 Å². The van der Waals surface area contributed by atoms with E-state index in [0.29, 0.717) is 11.8 Å². The van der Waals surface area contributed by atoms with Crippen molar-refractivity contribution in [1.82, 2.24) is 4.90 Å². The molecule has 2 atom stereocenters. The third-order valence-corrected chi connectivity index (χ3v) is 5.45. The molecule has 0 amide bonds. The number of nitrogens with zero attached hydrogens (tertiary/aromatic N) is 1. The van der Waals surface area contributed by atoms with Gasteiger partial charge in [0.2, 0.25) is 0 Å². The Hall–Kier alpha value is -1.93. The van der Waals surface area contributed by atoms with Crippen molar-refractivity contribution >= 4 is 5.78 Å². The van der Waals surface area contributed by atoms with Crippen LogP contribution in [-0.4, -0.2) is 17.2 Å². The topological polar surface area (TPSA) is 20.3 Å². The Labute approximate surface area is 158 Å². The summed E-state index contributed by atoms with van der Waals surface area (Å²) in [6, 6.07) is 21.8. The van der Waals surface area contributed by atoms with E-state index in [2.05, 4.69) is 86.3 Å². The summed E-state index contributed by atoms with van der Waals surface area (Å²) in [5, 5.41) is 0. The summed E-state index contributed by atoms with van der Waals surface area (Å²) in [5.41, 5.74) is 2.42. The van der Waals surface area contributed by atoms with Gasteiger partial charge in [-0.1, -0.05) is 87.9 Å². The zero-order valence-corrected chi connectivity index (χ0v) is 16.3. The average Bonchev–Trinajstić information content (AvgIpc) is 2.84. The molecular weight excluding hydrogens is 318 g/mol. The number of likely N-dealkylation sites (tertiary alicyclic amines) is 1. The summed E-state index contributed by atoms with van der Waals surface area (Å²) in [7, 11) is 0. The van der Waals surface area contributed by atoms with Gasteiger partial charge < -0.3 is 0 Å². The molecule has 2 unspecified atom stereocenters. The van der Waals surface area contributed by atoms with Crippen LogP contribution in [0.25, 0.3) is 0 Å². The molecule has 1 aliphatic heterocycles. The van der Waals surface area contributed by atoms with Crippen LogP contribution in [0.5, 0.6) is 0 Å². The first-order chi connectivity index (χ1) is 12.4. The molecule has 2 aromatic carbocycles. The van der Waals surface area contributed by atoms with Crippen LogP contribution >= 0.6 is 0 Å². The quantitative estimate of drug-likeness (QED) is 0.711. The molecule has 0 saturated carbocycles. The van der Waals surface area contributed by atoms with E-state index in [4.69, 9.17) is 0 Å². The van der Waals surface area contributed by atoms with Crippen LogP contribution < -0.4 is 0 Å². The largest absolute Gasteiger partial charge is 0.299 e. The fourth-order valence-electron chi connectivity index (χ4n) is 4.11. The van der Waals surface area contributed by atoms with E-state index in [1.807, 2.05) is 0 Å². The van der Waals surface area contributed by atoms with Crippen molar-refractivity contribution < 1.29 is 4.79 Å². The summed E-state index contributed by atoms with van der Waals surface area (Å²) in [5.74, 6) is 0.539. The Morgan fingerprint density at radius 1 is 0.962 bits per heavy atom. The molecule has 1 heterocycles. The summed E-state index contributed by atoms with van der Waals surface area (Å²) >= 11 is 0. The van der Waals surface area contributed by atoms with Gasteiger partial charge in [0.05, 0.1) is 0 Å². The molecule has 3 rings (SSSR count). The highest BCUT2D eigenvalue weighted by Crippen LogP contribution is 2.35. The molecule has 1 aliphatic rings. The Bertz CT molecular complexity index is 702. The number of Topliss-reactive ketones (excluding diaryl/α,β-unsaturated/α-hetero) is 1. The van der Waals surface area contributed by atoms with Crippen molar-refractivity contribution in [2.45, 2.75) is 52.6 Å². The Kier molecular flexibility index (Phi) is 5.93. The first kappa shape index (κ1) is 18.8. The maximum absolute atomic E-state index is 13.0. The minimum atomic E-state index is -0.268.